The van der Waals surface area contributed by atoms with Crippen molar-refractivity contribution in [3.8, 4) is 0 Å². The van der Waals surface area contributed by atoms with E-state index in [-0.39, 0.29) is 12.8 Å². The van der Waals surface area contributed by atoms with Crippen molar-refractivity contribution in [3.63, 3.8) is 0 Å². The largest absolute Gasteiger partial charge is 0.512 e. The third kappa shape index (κ3) is 7.63. The Morgan fingerprint density at radius 3 is 1.57 bits per heavy atom. The van der Waals surface area contributed by atoms with Gasteiger partial charge in [-0.15, -0.1) is 0 Å². The first-order valence-electron chi connectivity index (χ1n) is 4.23. The normalized spacial score (nSPS) is 9.00. The summed E-state index contributed by atoms with van der Waals surface area (Å²) in [6.07, 6.45) is 1.29. The van der Waals surface area contributed by atoms with Crippen molar-refractivity contribution in [2.45, 2.75) is 25.7 Å². The molecule has 0 amide bonds. The molecule has 0 fully saturated rings. The molecule has 78 valence electrons. The van der Waals surface area contributed by atoms with Gasteiger partial charge in [0.25, 0.3) is 11.9 Å². The van der Waals surface area contributed by atoms with Crippen LogP contribution in [0.1, 0.15) is 25.7 Å². The van der Waals surface area contributed by atoms with Gasteiger partial charge in [0.1, 0.15) is 0 Å². The van der Waals surface area contributed by atoms with Gasteiger partial charge in [-0.05, 0) is 12.8 Å². The molecule has 0 spiro atoms. The third-order valence-electron chi connectivity index (χ3n) is 1.46. The van der Waals surface area contributed by atoms with Gasteiger partial charge in [0, 0.05) is 12.8 Å². The minimum atomic E-state index is -0.620. The maximum atomic E-state index is 10.7. The third-order valence-corrected chi connectivity index (χ3v) is 1.46. The Labute approximate surface area is 82.8 Å². The second-order valence-corrected chi connectivity index (χ2v) is 2.50. The van der Waals surface area contributed by atoms with Crippen molar-refractivity contribution in [1.29, 1.82) is 0 Å². The zero-order valence-corrected chi connectivity index (χ0v) is 7.77. The SMILES string of the molecule is O=C(CCCCC(=O)OBO)OBO. The van der Waals surface area contributed by atoms with Gasteiger partial charge in [-0.1, -0.05) is 0 Å². The molecule has 0 aromatic carbocycles. The predicted molar refractivity (Wildman–Crippen MR) is 49.4 cm³/mol. The number of rotatable bonds is 7. The molecule has 2 N–H and O–H groups in total. The highest BCUT2D eigenvalue weighted by Crippen LogP contribution is 2.01. The molecule has 14 heavy (non-hydrogen) atoms. The van der Waals surface area contributed by atoms with Crippen molar-refractivity contribution in [1.82, 2.24) is 0 Å². The van der Waals surface area contributed by atoms with Crippen LogP contribution in [-0.4, -0.2) is 37.4 Å². The molecule has 0 bridgehead atoms. The van der Waals surface area contributed by atoms with E-state index in [1.807, 2.05) is 0 Å². The lowest BCUT2D eigenvalue weighted by Crippen LogP contribution is -2.09. The molecular weight excluding hydrogens is 190 g/mol. The molecule has 0 heterocycles. The predicted octanol–water partition coefficient (Wildman–Crippen LogP) is -1.85. The Kier molecular flexibility index (Phi) is 7.96. The molecule has 0 radical (unpaired) electrons. The van der Waals surface area contributed by atoms with E-state index in [4.69, 9.17) is 10.0 Å². The zero-order valence-electron chi connectivity index (χ0n) is 7.77. The maximum Gasteiger partial charge on any atom is 0.506 e. The molecule has 0 aliphatic heterocycles. The fourth-order valence-electron chi connectivity index (χ4n) is 0.827. The van der Waals surface area contributed by atoms with E-state index in [1.54, 1.807) is 0 Å². The first-order chi connectivity index (χ1) is 6.70. The summed E-state index contributed by atoms with van der Waals surface area (Å²) in [6, 6.07) is 0. The molecule has 6 nitrogen and oxygen atoms in total. The van der Waals surface area contributed by atoms with Crippen molar-refractivity contribution in [2.75, 3.05) is 0 Å². The summed E-state index contributed by atoms with van der Waals surface area (Å²) in [5.41, 5.74) is 0. The van der Waals surface area contributed by atoms with Gasteiger partial charge in [-0.3, -0.25) is 9.59 Å². The molecule has 0 saturated heterocycles. The minimum absolute atomic E-state index is 0.160. The fraction of sp³-hybridized carbons (Fsp3) is 0.667. The fourth-order valence-corrected chi connectivity index (χ4v) is 0.827. The molecule has 0 rings (SSSR count). The Morgan fingerprint density at radius 2 is 1.29 bits per heavy atom. The van der Waals surface area contributed by atoms with Gasteiger partial charge in [0.2, 0.25) is 0 Å². The molecule has 0 saturated carbocycles. The Hall–Kier alpha value is -1.01. The first kappa shape index (κ1) is 13.0. The highest BCUT2D eigenvalue weighted by Gasteiger charge is 2.05. The second-order valence-electron chi connectivity index (χ2n) is 2.50. The summed E-state index contributed by atoms with van der Waals surface area (Å²) >= 11 is 0. The summed E-state index contributed by atoms with van der Waals surface area (Å²) in [5.74, 6) is -0.994. The van der Waals surface area contributed by atoms with E-state index < -0.39 is 27.3 Å². The quantitative estimate of drug-likeness (QED) is 0.371. The van der Waals surface area contributed by atoms with Crippen LogP contribution in [0.2, 0.25) is 0 Å². The monoisotopic (exact) mass is 202 g/mol. The Morgan fingerprint density at radius 1 is 0.929 bits per heavy atom. The lowest BCUT2D eigenvalue weighted by Gasteiger charge is -2.01. The van der Waals surface area contributed by atoms with E-state index in [2.05, 4.69) is 9.31 Å². The van der Waals surface area contributed by atoms with Gasteiger partial charge >= 0.3 is 15.4 Å². The summed E-state index contributed by atoms with van der Waals surface area (Å²) in [6.45, 7) is 0. The summed E-state index contributed by atoms with van der Waals surface area (Å²) in [4.78, 5) is 21.4. The van der Waals surface area contributed by atoms with Gasteiger partial charge in [-0.25, -0.2) is 0 Å². The average molecular weight is 202 g/mol. The highest BCUT2D eigenvalue weighted by molar-refractivity contribution is 6.20. The minimum Gasteiger partial charge on any atom is -0.512 e. The highest BCUT2D eigenvalue weighted by atomic mass is 16.6. The van der Waals surface area contributed by atoms with Crippen molar-refractivity contribution >= 4 is 27.3 Å². The number of carbonyl (C=O) groups excluding carboxylic acids is 2. The van der Waals surface area contributed by atoms with Crippen LogP contribution in [0.3, 0.4) is 0 Å². The standard InChI is InChI=1S/C6H12B2O6/c9-5(13-7-11)3-1-2-4-6(10)14-8-12/h7-8,11-12H,1-4H2. The molecule has 0 aromatic rings. The van der Waals surface area contributed by atoms with Crippen LogP contribution >= 0.6 is 0 Å². The van der Waals surface area contributed by atoms with Crippen LogP contribution < -0.4 is 0 Å². The lowest BCUT2D eigenvalue weighted by molar-refractivity contribution is -0.137. The van der Waals surface area contributed by atoms with Crippen LogP contribution in [0.4, 0.5) is 0 Å². The van der Waals surface area contributed by atoms with E-state index in [1.165, 1.54) is 0 Å². The topological polar surface area (TPSA) is 93.1 Å². The molecule has 0 aliphatic carbocycles. The van der Waals surface area contributed by atoms with Crippen LogP contribution in [0.25, 0.3) is 0 Å². The molecular formula is C6H12B2O6. The van der Waals surface area contributed by atoms with Crippen molar-refractivity contribution in [2.24, 2.45) is 0 Å². The molecule has 0 aromatic heterocycles. The number of carbonyl (C=O) groups is 2. The molecule has 0 atom stereocenters. The van der Waals surface area contributed by atoms with Gasteiger partial charge < -0.3 is 19.4 Å². The van der Waals surface area contributed by atoms with Crippen LogP contribution in [0.5, 0.6) is 0 Å². The van der Waals surface area contributed by atoms with E-state index in [9.17, 15) is 9.59 Å². The number of hydrogen-bond donors (Lipinski definition) is 2. The zero-order chi connectivity index (χ0) is 10.8. The molecule has 8 heteroatoms. The number of unbranched alkanes of at least 4 members (excludes halogenated alkanes) is 1. The first-order valence-corrected chi connectivity index (χ1v) is 4.23. The van der Waals surface area contributed by atoms with E-state index in [0.717, 1.165) is 0 Å². The van der Waals surface area contributed by atoms with Gasteiger partial charge in [0.05, 0.1) is 0 Å². The Balaban J connectivity index is 3.28. The van der Waals surface area contributed by atoms with Crippen molar-refractivity contribution < 1.29 is 28.9 Å². The van der Waals surface area contributed by atoms with Gasteiger partial charge in [-0.2, -0.15) is 0 Å². The summed E-state index contributed by atoms with van der Waals surface area (Å²) in [5, 5.41) is 16.4. The van der Waals surface area contributed by atoms with E-state index in [0.29, 0.717) is 12.8 Å². The molecule has 0 aliphatic rings. The summed E-state index contributed by atoms with van der Waals surface area (Å²) in [7, 11) is -1.24. The van der Waals surface area contributed by atoms with Crippen LogP contribution in [0, 0.1) is 0 Å². The average Bonchev–Trinajstić information content (AvgIpc) is 2.13. The lowest BCUT2D eigenvalue weighted by atomic mass is 10.2. The maximum absolute atomic E-state index is 10.7. The smallest absolute Gasteiger partial charge is 0.506 e. The van der Waals surface area contributed by atoms with Crippen molar-refractivity contribution in [3.05, 3.63) is 0 Å². The summed E-state index contributed by atoms with van der Waals surface area (Å²) < 4.78 is 8.51. The molecule has 0 unspecified atom stereocenters. The van der Waals surface area contributed by atoms with Crippen LogP contribution in [-0.2, 0) is 18.9 Å². The van der Waals surface area contributed by atoms with E-state index >= 15 is 0 Å². The number of hydrogen-bond acceptors (Lipinski definition) is 6. The van der Waals surface area contributed by atoms with Crippen LogP contribution in [0.15, 0.2) is 0 Å². The second kappa shape index (κ2) is 8.58. The Bertz CT molecular complexity index is 165. The van der Waals surface area contributed by atoms with Gasteiger partial charge in [0.15, 0.2) is 0 Å².